The van der Waals surface area contributed by atoms with Crippen molar-refractivity contribution in [1.82, 2.24) is 24.6 Å². The van der Waals surface area contributed by atoms with E-state index in [4.69, 9.17) is 33.7 Å². The first kappa shape index (κ1) is 26.7. The number of hydrogen-bond acceptors (Lipinski definition) is 6. The maximum Gasteiger partial charge on any atom is 0.236 e. The number of pyridine rings is 1. The van der Waals surface area contributed by atoms with Gasteiger partial charge in [-0.05, 0) is 63.9 Å². The van der Waals surface area contributed by atoms with Crippen molar-refractivity contribution in [2.24, 2.45) is 0 Å². The lowest BCUT2D eigenvalue weighted by Gasteiger charge is -2.33. The zero-order valence-electron chi connectivity index (χ0n) is 21.2. The summed E-state index contributed by atoms with van der Waals surface area (Å²) in [7, 11) is 0. The minimum absolute atomic E-state index is 0.0854. The van der Waals surface area contributed by atoms with Gasteiger partial charge in [-0.1, -0.05) is 23.2 Å². The van der Waals surface area contributed by atoms with Gasteiger partial charge in [-0.2, -0.15) is 5.10 Å². The van der Waals surface area contributed by atoms with Gasteiger partial charge in [0.1, 0.15) is 11.9 Å². The summed E-state index contributed by atoms with van der Waals surface area (Å²) in [6.07, 6.45) is 8.84. The number of likely N-dealkylation sites (tertiary alicyclic amines) is 2. The molecule has 3 aromatic rings. The van der Waals surface area contributed by atoms with Gasteiger partial charge in [-0.25, -0.2) is 9.37 Å². The number of halogens is 3. The molecule has 2 N–H and O–H groups in total. The molecule has 2 aromatic heterocycles. The summed E-state index contributed by atoms with van der Waals surface area (Å²) >= 11 is 12.4. The molecule has 0 radical (unpaired) electrons. The highest BCUT2D eigenvalue weighted by molar-refractivity contribution is 6.36. The number of rotatable bonds is 7. The molecular formula is C27H31Cl2FN6O2. The highest BCUT2D eigenvalue weighted by Gasteiger charge is 2.26. The summed E-state index contributed by atoms with van der Waals surface area (Å²) in [4.78, 5) is 21.2. The van der Waals surface area contributed by atoms with Gasteiger partial charge in [0.2, 0.25) is 5.91 Å². The van der Waals surface area contributed by atoms with Gasteiger partial charge < -0.3 is 15.4 Å². The molecule has 38 heavy (non-hydrogen) atoms. The van der Waals surface area contributed by atoms with Crippen molar-refractivity contribution in [3.63, 3.8) is 0 Å². The number of nitrogen functional groups attached to an aromatic ring is 1. The number of nitrogens with zero attached hydrogens (tertiary/aromatic N) is 5. The van der Waals surface area contributed by atoms with Crippen LogP contribution in [0.4, 0.5) is 10.2 Å². The van der Waals surface area contributed by atoms with Crippen LogP contribution < -0.4 is 10.5 Å². The van der Waals surface area contributed by atoms with Crippen molar-refractivity contribution in [3.05, 3.63) is 58.2 Å². The van der Waals surface area contributed by atoms with Crippen LogP contribution in [0.1, 0.15) is 50.3 Å². The molecule has 202 valence electrons. The molecule has 1 amide bonds. The van der Waals surface area contributed by atoms with Crippen LogP contribution in [0, 0.1) is 5.82 Å². The van der Waals surface area contributed by atoms with E-state index in [1.807, 2.05) is 15.8 Å². The summed E-state index contributed by atoms with van der Waals surface area (Å²) in [5.74, 6) is 0.184. The second kappa shape index (κ2) is 11.5. The van der Waals surface area contributed by atoms with Gasteiger partial charge in [0.05, 0.1) is 23.8 Å². The first-order valence-electron chi connectivity index (χ1n) is 12.9. The van der Waals surface area contributed by atoms with E-state index in [9.17, 15) is 9.18 Å². The summed E-state index contributed by atoms with van der Waals surface area (Å²) < 4.78 is 22.0. The second-order valence-electron chi connectivity index (χ2n) is 9.93. The first-order valence-corrected chi connectivity index (χ1v) is 13.7. The highest BCUT2D eigenvalue weighted by atomic mass is 35.5. The van der Waals surface area contributed by atoms with E-state index < -0.39 is 11.9 Å². The fraction of sp³-hybridized carbons (Fsp3) is 0.444. The molecule has 1 unspecified atom stereocenters. The molecule has 0 saturated carbocycles. The molecule has 0 aliphatic carbocycles. The van der Waals surface area contributed by atoms with E-state index >= 15 is 0 Å². The Balaban J connectivity index is 1.24. The fourth-order valence-corrected chi connectivity index (χ4v) is 5.85. The zero-order chi connectivity index (χ0) is 26.8. The summed E-state index contributed by atoms with van der Waals surface area (Å²) in [6.45, 7) is 5.76. The average Bonchev–Trinajstić information content (AvgIpc) is 3.61. The largest absolute Gasteiger partial charge is 0.482 e. The number of amides is 1. The predicted molar refractivity (Wildman–Crippen MR) is 146 cm³/mol. The molecule has 4 heterocycles. The molecule has 2 fully saturated rings. The van der Waals surface area contributed by atoms with Crippen LogP contribution >= 0.6 is 23.2 Å². The SMILES string of the molecule is CC(Oc1cc(-c2cnn(C3CCN(C(=O)CN4CCCC4)CC3)c2)cnc1N)c1c(Cl)ccc(F)c1Cl. The molecule has 0 spiro atoms. The van der Waals surface area contributed by atoms with Crippen molar-refractivity contribution >= 4 is 34.9 Å². The number of carbonyl (C=O) groups is 1. The standard InChI is InChI=1S/C27H31Cl2FN6O2/c1-17(25-21(28)4-5-22(30)26(25)29)38-23-12-18(13-32-27(23)31)19-14-33-36(15-19)20-6-10-35(11-7-20)24(37)16-34-8-2-3-9-34/h4-5,12-15,17,20H,2-3,6-11,16H2,1H3,(H2,31,32). The summed E-state index contributed by atoms with van der Waals surface area (Å²) in [6, 6.07) is 4.65. The molecular weight excluding hydrogens is 530 g/mol. The number of piperidine rings is 1. The molecule has 2 saturated heterocycles. The van der Waals surface area contributed by atoms with Crippen molar-refractivity contribution in [2.75, 3.05) is 38.5 Å². The maximum atomic E-state index is 14.0. The van der Waals surface area contributed by atoms with E-state index in [2.05, 4.69) is 15.0 Å². The maximum absolute atomic E-state index is 14.0. The van der Waals surface area contributed by atoms with Crippen LogP contribution in [0.5, 0.6) is 5.75 Å². The highest BCUT2D eigenvalue weighted by Crippen LogP contribution is 2.37. The van der Waals surface area contributed by atoms with Gasteiger partial charge in [0.25, 0.3) is 0 Å². The van der Waals surface area contributed by atoms with Crippen LogP contribution in [0.2, 0.25) is 10.0 Å². The van der Waals surface area contributed by atoms with Gasteiger partial charge in [-0.15, -0.1) is 0 Å². The fourth-order valence-electron chi connectivity index (χ4n) is 5.17. The van der Waals surface area contributed by atoms with E-state index in [0.29, 0.717) is 22.9 Å². The van der Waals surface area contributed by atoms with Gasteiger partial charge in [-0.3, -0.25) is 14.4 Å². The van der Waals surface area contributed by atoms with Gasteiger partial charge >= 0.3 is 0 Å². The molecule has 1 atom stereocenters. The monoisotopic (exact) mass is 560 g/mol. The van der Waals surface area contributed by atoms with Crippen LogP contribution in [-0.2, 0) is 4.79 Å². The number of aromatic nitrogens is 3. The third-order valence-corrected chi connectivity index (χ3v) is 8.07. The van der Waals surface area contributed by atoms with E-state index in [0.717, 1.165) is 50.1 Å². The number of hydrogen-bond donors (Lipinski definition) is 1. The Bertz CT molecular complexity index is 1300. The summed E-state index contributed by atoms with van der Waals surface area (Å²) in [5.41, 5.74) is 8.07. The third kappa shape index (κ3) is 5.75. The molecule has 1 aromatic carbocycles. The Kier molecular flexibility index (Phi) is 8.07. The van der Waals surface area contributed by atoms with Crippen LogP contribution in [0.25, 0.3) is 11.1 Å². The minimum Gasteiger partial charge on any atom is -0.482 e. The molecule has 5 rings (SSSR count). The average molecular weight is 561 g/mol. The quantitative estimate of drug-likeness (QED) is 0.390. The third-order valence-electron chi connectivity index (χ3n) is 7.36. The van der Waals surface area contributed by atoms with Crippen molar-refractivity contribution in [3.8, 4) is 16.9 Å². The van der Waals surface area contributed by atoms with Crippen molar-refractivity contribution in [2.45, 2.75) is 44.8 Å². The number of anilines is 1. The Hall–Kier alpha value is -2.88. The van der Waals surface area contributed by atoms with Crippen LogP contribution in [0.15, 0.2) is 36.8 Å². The normalized spacial score (nSPS) is 17.6. The molecule has 11 heteroatoms. The zero-order valence-corrected chi connectivity index (χ0v) is 22.8. The Labute approximate surface area is 231 Å². The molecule has 0 bridgehead atoms. The molecule has 2 aliphatic rings. The number of nitrogens with two attached hydrogens (primary N) is 1. The molecule has 8 nitrogen and oxygen atoms in total. The lowest BCUT2D eigenvalue weighted by atomic mass is 10.0. The van der Waals surface area contributed by atoms with E-state index in [1.54, 1.807) is 25.4 Å². The van der Waals surface area contributed by atoms with Gasteiger partial charge in [0.15, 0.2) is 11.6 Å². The molecule has 2 aliphatic heterocycles. The lowest BCUT2D eigenvalue weighted by molar-refractivity contribution is -0.133. The number of benzene rings is 1. The van der Waals surface area contributed by atoms with Crippen molar-refractivity contribution < 1.29 is 13.9 Å². The van der Waals surface area contributed by atoms with Gasteiger partial charge in [0, 0.05) is 47.2 Å². The Morgan fingerprint density at radius 2 is 1.89 bits per heavy atom. The predicted octanol–water partition coefficient (Wildman–Crippen LogP) is 5.37. The Morgan fingerprint density at radius 1 is 1.16 bits per heavy atom. The van der Waals surface area contributed by atoms with Crippen molar-refractivity contribution in [1.29, 1.82) is 0 Å². The minimum atomic E-state index is -0.661. The smallest absolute Gasteiger partial charge is 0.236 e. The Morgan fingerprint density at radius 3 is 2.63 bits per heavy atom. The number of ether oxygens (including phenoxy) is 1. The first-order chi connectivity index (χ1) is 18.3. The van der Waals surface area contributed by atoms with E-state index in [1.165, 1.54) is 25.0 Å². The summed E-state index contributed by atoms with van der Waals surface area (Å²) in [5, 5.41) is 4.81. The topological polar surface area (TPSA) is 89.5 Å². The van der Waals surface area contributed by atoms with E-state index in [-0.39, 0.29) is 22.8 Å². The lowest BCUT2D eigenvalue weighted by Crippen LogP contribution is -2.44. The number of carbonyl (C=O) groups excluding carboxylic acids is 1. The van der Waals surface area contributed by atoms with Crippen LogP contribution in [-0.4, -0.2) is 63.2 Å². The van der Waals surface area contributed by atoms with Crippen LogP contribution in [0.3, 0.4) is 0 Å². The second-order valence-corrected chi connectivity index (χ2v) is 10.7.